The smallest absolute Gasteiger partial charge is 0.222 e. The largest absolute Gasteiger partial charge is 0.351 e. The van der Waals surface area contributed by atoms with Gasteiger partial charge in [0.2, 0.25) is 5.91 Å². The molecule has 5 heteroatoms. The van der Waals surface area contributed by atoms with Crippen molar-refractivity contribution in [2.75, 3.05) is 13.1 Å². The Kier molecular flexibility index (Phi) is 4.81. The number of piperidine rings is 1. The minimum absolute atomic E-state index is 0.0995. The first-order valence-corrected chi connectivity index (χ1v) is 7.47. The molecule has 0 bridgehead atoms. The molecule has 1 aromatic heterocycles. The first kappa shape index (κ1) is 15.0. The van der Waals surface area contributed by atoms with Crippen molar-refractivity contribution in [2.24, 2.45) is 0 Å². The molecule has 1 amide bonds. The lowest BCUT2D eigenvalue weighted by Crippen LogP contribution is -2.40. The summed E-state index contributed by atoms with van der Waals surface area (Å²) in [6.07, 6.45) is 6.62. The van der Waals surface area contributed by atoms with Crippen molar-refractivity contribution in [3.05, 3.63) is 18.2 Å². The molecule has 0 atom stereocenters. The summed E-state index contributed by atoms with van der Waals surface area (Å²) in [7, 11) is 0. The SMILES string of the molecule is CC(C)(C)NC(=O)CCn1cncc1C1CCNCC1. The van der Waals surface area contributed by atoms with E-state index in [4.69, 9.17) is 0 Å². The number of nitrogens with one attached hydrogen (secondary N) is 2. The summed E-state index contributed by atoms with van der Waals surface area (Å²) in [5.74, 6) is 0.673. The summed E-state index contributed by atoms with van der Waals surface area (Å²) < 4.78 is 2.14. The Labute approximate surface area is 121 Å². The first-order chi connectivity index (χ1) is 9.46. The molecule has 1 saturated heterocycles. The minimum Gasteiger partial charge on any atom is -0.351 e. The van der Waals surface area contributed by atoms with Crippen LogP contribution in [0.2, 0.25) is 0 Å². The van der Waals surface area contributed by atoms with E-state index in [0.717, 1.165) is 25.9 Å². The third-order valence-corrected chi connectivity index (χ3v) is 3.60. The second-order valence-electron chi connectivity index (χ2n) is 6.58. The van der Waals surface area contributed by atoms with E-state index in [2.05, 4.69) is 20.2 Å². The highest BCUT2D eigenvalue weighted by molar-refractivity contribution is 5.76. The van der Waals surface area contributed by atoms with Gasteiger partial charge in [-0.1, -0.05) is 0 Å². The predicted octanol–water partition coefficient (Wildman–Crippen LogP) is 1.65. The Hall–Kier alpha value is -1.36. The van der Waals surface area contributed by atoms with E-state index in [1.807, 2.05) is 33.3 Å². The summed E-state index contributed by atoms with van der Waals surface area (Å²) >= 11 is 0. The summed E-state index contributed by atoms with van der Waals surface area (Å²) in [6, 6.07) is 0. The molecule has 0 aromatic carbocycles. The maximum absolute atomic E-state index is 11.9. The van der Waals surface area contributed by atoms with E-state index in [-0.39, 0.29) is 11.4 Å². The molecule has 0 aliphatic carbocycles. The van der Waals surface area contributed by atoms with Crippen LogP contribution in [0.5, 0.6) is 0 Å². The van der Waals surface area contributed by atoms with Gasteiger partial charge in [0.25, 0.3) is 0 Å². The maximum atomic E-state index is 11.9. The van der Waals surface area contributed by atoms with E-state index in [1.54, 1.807) is 0 Å². The normalized spacial score (nSPS) is 17.1. The zero-order valence-electron chi connectivity index (χ0n) is 12.8. The number of aryl methyl sites for hydroxylation is 1. The van der Waals surface area contributed by atoms with Crippen molar-refractivity contribution in [3.63, 3.8) is 0 Å². The van der Waals surface area contributed by atoms with E-state index < -0.39 is 0 Å². The van der Waals surface area contributed by atoms with Gasteiger partial charge in [-0.3, -0.25) is 4.79 Å². The lowest BCUT2D eigenvalue weighted by Gasteiger charge is -2.24. The molecule has 2 N–H and O–H groups in total. The molecular weight excluding hydrogens is 252 g/mol. The Bertz CT molecular complexity index is 441. The zero-order valence-corrected chi connectivity index (χ0v) is 12.8. The van der Waals surface area contributed by atoms with Crippen LogP contribution in [0.1, 0.15) is 51.6 Å². The molecule has 1 aromatic rings. The van der Waals surface area contributed by atoms with Crippen LogP contribution in [0.3, 0.4) is 0 Å². The Morgan fingerprint density at radius 2 is 2.15 bits per heavy atom. The highest BCUT2D eigenvalue weighted by Crippen LogP contribution is 2.24. The van der Waals surface area contributed by atoms with Gasteiger partial charge in [-0.15, -0.1) is 0 Å². The number of carbonyl (C=O) groups is 1. The topological polar surface area (TPSA) is 59.0 Å². The monoisotopic (exact) mass is 278 g/mol. The second-order valence-corrected chi connectivity index (χ2v) is 6.58. The average molecular weight is 278 g/mol. The van der Waals surface area contributed by atoms with Crippen molar-refractivity contribution in [1.82, 2.24) is 20.2 Å². The number of hydrogen-bond donors (Lipinski definition) is 2. The van der Waals surface area contributed by atoms with Crippen LogP contribution in [-0.2, 0) is 11.3 Å². The third-order valence-electron chi connectivity index (χ3n) is 3.60. The third kappa shape index (κ3) is 4.34. The molecule has 1 aliphatic rings. The fraction of sp³-hybridized carbons (Fsp3) is 0.733. The number of rotatable bonds is 4. The zero-order chi connectivity index (χ0) is 14.6. The molecule has 0 radical (unpaired) electrons. The summed E-state index contributed by atoms with van der Waals surface area (Å²) in [4.78, 5) is 16.1. The van der Waals surface area contributed by atoms with Gasteiger partial charge in [-0.2, -0.15) is 0 Å². The van der Waals surface area contributed by atoms with Gasteiger partial charge in [-0.25, -0.2) is 4.98 Å². The highest BCUT2D eigenvalue weighted by Gasteiger charge is 2.19. The van der Waals surface area contributed by atoms with Gasteiger partial charge in [0.1, 0.15) is 0 Å². The molecule has 1 fully saturated rings. The van der Waals surface area contributed by atoms with Gasteiger partial charge in [0.15, 0.2) is 0 Å². The minimum atomic E-state index is -0.163. The summed E-state index contributed by atoms with van der Waals surface area (Å²) in [6.45, 7) is 8.86. The van der Waals surface area contributed by atoms with E-state index >= 15 is 0 Å². The maximum Gasteiger partial charge on any atom is 0.222 e. The van der Waals surface area contributed by atoms with E-state index in [1.165, 1.54) is 5.69 Å². The van der Waals surface area contributed by atoms with Crippen LogP contribution in [0.4, 0.5) is 0 Å². The lowest BCUT2D eigenvalue weighted by molar-refractivity contribution is -0.122. The van der Waals surface area contributed by atoms with Crippen LogP contribution in [0, 0.1) is 0 Å². The van der Waals surface area contributed by atoms with Crippen LogP contribution in [0.15, 0.2) is 12.5 Å². The van der Waals surface area contributed by atoms with Crippen LogP contribution in [-0.4, -0.2) is 34.1 Å². The van der Waals surface area contributed by atoms with Gasteiger partial charge in [0, 0.05) is 36.3 Å². The van der Waals surface area contributed by atoms with Crippen LogP contribution >= 0.6 is 0 Å². The van der Waals surface area contributed by atoms with Crippen molar-refractivity contribution in [2.45, 2.75) is 58.0 Å². The van der Waals surface area contributed by atoms with Crippen LogP contribution in [0.25, 0.3) is 0 Å². The first-order valence-electron chi connectivity index (χ1n) is 7.47. The van der Waals surface area contributed by atoms with Crippen molar-refractivity contribution >= 4 is 5.91 Å². The van der Waals surface area contributed by atoms with Gasteiger partial charge in [0.05, 0.1) is 6.33 Å². The second kappa shape index (κ2) is 6.39. The molecule has 0 unspecified atom stereocenters. The predicted molar refractivity (Wildman–Crippen MR) is 79.6 cm³/mol. The number of amides is 1. The van der Waals surface area contributed by atoms with Crippen LogP contribution < -0.4 is 10.6 Å². The fourth-order valence-corrected chi connectivity index (χ4v) is 2.68. The molecule has 112 valence electrons. The van der Waals surface area contributed by atoms with Crippen molar-refractivity contribution in [1.29, 1.82) is 0 Å². The van der Waals surface area contributed by atoms with Gasteiger partial charge in [-0.05, 0) is 46.7 Å². The molecule has 5 nitrogen and oxygen atoms in total. The van der Waals surface area contributed by atoms with E-state index in [0.29, 0.717) is 18.9 Å². The lowest BCUT2D eigenvalue weighted by atomic mass is 9.95. The molecule has 20 heavy (non-hydrogen) atoms. The molecule has 0 spiro atoms. The summed E-state index contributed by atoms with van der Waals surface area (Å²) in [5.41, 5.74) is 1.11. The number of hydrogen-bond acceptors (Lipinski definition) is 3. The Morgan fingerprint density at radius 3 is 2.80 bits per heavy atom. The number of aromatic nitrogens is 2. The number of imidazole rings is 1. The number of nitrogens with zero attached hydrogens (tertiary/aromatic N) is 2. The molecular formula is C15H26N4O. The van der Waals surface area contributed by atoms with Gasteiger partial charge >= 0.3 is 0 Å². The Morgan fingerprint density at radius 1 is 1.45 bits per heavy atom. The average Bonchev–Trinajstić information content (AvgIpc) is 2.83. The van der Waals surface area contributed by atoms with E-state index in [9.17, 15) is 4.79 Å². The highest BCUT2D eigenvalue weighted by atomic mass is 16.1. The molecule has 2 rings (SSSR count). The van der Waals surface area contributed by atoms with Gasteiger partial charge < -0.3 is 15.2 Å². The standard InChI is InChI=1S/C15H26N4O/c1-15(2,3)18-14(20)6-9-19-11-17-10-13(19)12-4-7-16-8-5-12/h10-12,16H,4-9H2,1-3H3,(H,18,20). The molecule has 2 heterocycles. The molecule has 1 aliphatic heterocycles. The Balaban J connectivity index is 1.90. The van der Waals surface area contributed by atoms with Crippen molar-refractivity contribution in [3.8, 4) is 0 Å². The summed E-state index contributed by atoms with van der Waals surface area (Å²) in [5, 5.41) is 6.38. The number of carbonyl (C=O) groups excluding carboxylic acids is 1. The fourth-order valence-electron chi connectivity index (χ4n) is 2.68. The van der Waals surface area contributed by atoms with Crippen molar-refractivity contribution < 1.29 is 4.79 Å². The molecule has 0 saturated carbocycles. The quantitative estimate of drug-likeness (QED) is 0.880.